The Morgan fingerprint density at radius 1 is 1.28 bits per heavy atom. The van der Waals surface area contributed by atoms with Gasteiger partial charge in [-0.05, 0) is 17.5 Å². The molecule has 2 nitrogen and oxygen atoms in total. The zero-order chi connectivity index (χ0) is 13.4. The van der Waals surface area contributed by atoms with E-state index in [9.17, 15) is 4.79 Å². The van der Waals surface area contributed by atoms with Crippen LogP contribution in [0.4, 0.5) is 0 Å². The van der Waals surface area contributed by atoms with E-state index in [1.807, 2.05) is 6.92 Å². The van der Waals surface area contributed by atoms with Gasteiger partial charge in [-0.1, -0.05) is 66.9 Å². The van der Waals surface area contributed by atoms with Gasteiger partial charge >= 0.3 is 0 Å². The minimum atomic E-state index is 0.117. The second-order valence-corrected chi connectivity index (χ2v) is 5.27. The van der Waals surface area contributed by atoms with Gasteiger partial charge in [0.15, 0.2) is 0 Å². The number of carbonyl (C=O) groups is 1. The number of nitrogens with one attached hydrogen (secondary N) is 1. The number of halogens is 1. The largest absolute Gasteiger partial charge is 0.352 e. The predicted octanol–water partition coefficient (Wildman–Crippen LogP) is 4.02. The molecule has 1 amide bonds. The molecule has 0 saturated carbocycles. The predicted molar refractivity (Wildman–Crippen MR) is 79.6 cm³/mol. The Labute approximate surface area is 118 Å². The molecule has 1 rings (SSSR count). The lowest BCUT2D eigenvalue weighted by atomic mass is 10.0. The average Bonchev–Trinajstić information content (AvgIpc) is 2.42. The lowest BCUT2D eigenvalue weighted by Gasteiger charge is -2.11. The zero-order valence-electron chi connectivity index (χ0n) is 11.2. The van der Waals surface area contributed by atoms with Crippen LogP contribution in [0.1, 0.15) is 44.2 Å². The SMILES string of the molecule is CCCCC(C)C(=O)NCc1ccc(CBr)cc1. The van der Waals surface area contributed by atoms with Gasteiger partial charge in [0.2, 0.25) is 5.91 Å². The normalized spacial score (nSPS) is 12.2. The molecule has 1 aromatic carbocycles. The number of benzene rings is 1. The second kappa shape index (κ2) is 8.30. The number of unbranched alkanes of at least 4 members (excludes halogenated alkanes) is 1. The lowest BCUT2D eigenvalue weighted by molar-refractivity contribution is -0.124. The summed E-state index contributed by atoms with van der Waals surface area (Å²) in [5.74, 6) is 0.278. The molecule has 0 aliphatic rings. The van der Waals surface area contributed by atoms with Gasteiger partial charge in [0.1, 0.15) is 0 Å². The summed E-state index contributed by atoms with van der Waals surface area (Å²) in [6.07, 6.45) is 3.24. The van der Waals surface area contributed by atoms with Crippen LogP contribution >= 0.6 is 15.9 Å². The molecule has 0 saturated heterocycles. The fraction of sp³-hybridized carbons (Fsp3) is 0.533. The summed E-state index contributed by atoms with van der Waals surface area (Å²) < 4.78 is 0. The van der Waals surface area contributed by atoms with Crippen molar-refractivity contribution >= 4 is 21.8 Å². The van der Waals surface area contributed by atoms with Crippen LogP contribution in [-0.2, 0) is 16.7 Å². The molecule has 100 valence electrons. The van der Waals surface area contributed by atoms with Crippen LogP contribution < -0.4 is 5.32 Å². The van der Waals surface area contributed by atoms with Crippen molar-refractivity contribution in [3.63, 3.8) is 0 Å². The van der Waals surface area contributed by atoms with Crippen molar-refractivity contribution in [2.24, 2.45) is 5.92 Å². The molecular formula is C15H22BrNO. The molecule has 0 aliphatic carbocycles. The molecule has 1 unspecified atom stereocenters. The van der Waals surface area contributed by atoms with Gasteiger partial charge in [-0.3, -0.25) is 4.79 Å². The molecular weight excluding hydrogens is 290 g/mol. The average molecular weight is 312 g/mol. The van der Waals surface area contributed by atoms with E-state index in [4.69, 9.17) is 0 Å². The molecule has 18 heavy (non-hydrogen) atoms. The molecule has 1 aromatic rings. The molecule has 1 atom stereocenters. The third kappa shape index (κ3) is 5.21. The fourth-order valence-electron chi connectivity index (χ4n) is 1.75. The first-order valence-corrected chi connectivity index (χ1v) is 7.71. The topological polar surface area (TPSA) is 29.1 Å². The summed E-state index contributed by atoms with van der Waals surface area (Å²) >= 11 is 3.42. The summed E-state index contributed by atoms with van der Waals surface area (Å²) in [5.41, 5.74) is 2.40. The summed E-state index contributed by atoms with van der Waals surface area (Å²) in [5, 5.41) is 3.86. The first-order valence-electron chi connectivity index (χ1n) is 6.58. The summed E-state index contributed by atoms with van der Waals surface area (Å²) in [6.45, 7) is 4.77. The first-order chi connectivity index (χ1) is 8.67. The van der Waals surface area contributed by atoms with Crippen LogP contribution in [-0.4, -0.2) is 5.91 Å². The van der Waals surface area contributed by atoms with Crippen LogP contribution in [0.25, 0.3) is 0 Å². The third-order valence-electron chi connectivity index (χ3n) is 3.08. The Hall–Kier alpha value is -0.830. The summed E-state index contributed by atoms with van der Waals surface area (Å²) in [7, 11) is 0. The molecule has 3 heteroatoms. The van der Waals surface area contributed by atoms with Crippen LogP contribution in [0.5, 0.6) is 0 Å². The number of hydrogen-bond acceptors (Lipinski definition) is 1. The zero-order valence-corrected chi connectivity index (χ0v) is 12.8. The highest BCUT2D eigenvalue weighted by Crippen LogP contribution is 2.10. The maximum atomic E-state index is 11.8. The van der Waals surface area contributed by atoms with Crippen molar-refractivity contribution in [1.29, 1.82) is 0 Å². The molecule has 0 bridgehead atoms. The Morgan fingerprint density at radius 3 is 2.44 bits per heavy atom. The van der Waals surface area contributed by atoms with Gasteiger partial charge < -0.3 is 5.32 Å². The molecule has 0 fully saturated rings. The van der Waals surface area contributed by atoms with Gasteiger partial charge in [0, 0.05) is 17.8 Å². The monoisotopic (exact) mass is 311 g/mol. The molecule has 0 aliphatic heterocycles. The summed E-state index contributed by atoms with van der Waals surface area (Å²) in [6, 6.07) is 8.29. The van der Waals surface area contributed by atoms with E-state index in [1.165, 1.54) is 5.56 Å². The van der Waals surface area contributed by atoms with E-state index in [0.29, 0.717) is 6.54 Å². The van der Waals surface area contributed by atoms with Gasteiger partial charge in [0.25, 0.3) is 0 Å². The van der Waals surface area contributed by atoms with E-state index in [0.717, 1.165) is 30.2 Å². The van der Waals surface area contributed by atoms with Crippen molar-refractivity contribution in [1.82, 2.24) is 5.32 Å². The van der Waals surface area contributed by atoms with E-state index >= 15 is 0 Å². The van der Waals surface area contributed by atoms with Crippen molar-refractivity contribution < 1.29 is 4.79 Å². The fourth-order valence-corrected chi connectivity index (χ4v) is 2.12. The van der Waals surface area contributed by atoms with E-state index in [-0.39, 0.29) is 11.8 Å². The number of rotatable bonds is 7. The summed E-state index contributed by atoms with van der Waals surface area (Å²) in [4.78, 5) is 11.8. The molecule has 0 aromatic heterocycles. The molecule has 1 N–H and O–H groups in total. The van der Waals surface area contributed by atoms with Gasteiger partial charge in [-0.15, -0.1) is 0 Å². The van der Waals surface area contributed by atoms with Crippen molar-refractivity contribution in [3.05, 3.63) is 35.4 Å². The van der Waals surface area contributed by atoms with Gasteiger partial charge in [0.05, 0.1) is 0 Å². The van der Waals surface area contributed by atoms with Gasteiger partial charge in [-0.25, -0.2) is 0 Å². The minimum absolute atomic E-state index is 0.117. The highest BCUT2D eigenvalue weighted by atomic mass is 79.9. The number of hydrogen-bond donors (Lipinski definition) is 1. The van der Waals surface area contributed by atoms with E-state index < -0.39 is 0 Å². The van der Waals surface area contributed by atoms with E-state index in [2.05, 4.69) is 52.4 Å². The molecule has 0 heterocycles. The number of carbonyl (C=O) groups excluding carboxylic acids is 1. The van der Waals surface area contributed by atoms with Crippen LogP contribution in [0.15, 0.2) is 24.3 Å². The number of amides is 1. The van der Waals surface area contributed by atoms with Crippen LogP contribution in [0.3, 0.4) is 0 Å². The van der Waals surface area contributed by atoms with Crippen molar-refractivity contribution in [2.45, 2.75) is 45.0 Å². The highest BCUT2D eigenvalue weighted by Gasteiger charge is 2.11. The molecule has 0 radical (unpaired) electrons. The van der Waals surface area contributed by atoms with Crippen molar-refractivity contribution in [2.75, 3.05) is 0 Å². The second-order valence-electron chi connectivity index (χ2n) is 4.71. The minimum Gasteiger partial charge on any atom is -0.352 e. The smallest absolute Gasteiger partial charge is 0.223 e. The Bertz CT molecular complexity index is 361. The Balaban J connectivity index is 2.37. The first kappa shape index (κ1) is 15.2. The third-order valence-corrected chi connectivity index (χ3v) is 3.73. The number of alkyl halides is 1. The van der Waals surface area contributed by atoms with Crippen LogP contribution in [0, 0.1) is 5.92 Å². The van der Waals surface area contributed by atoms with E-state index in [1.54, 1.807) is 0 Å². The van der Waals surface area contributed by atoms with Crippen molar-refractivity contribution in [3.8, 4) is 0 Å². The lowest BCUT2D eigenvalue weighted by Crippen LogP contribution is -2.28. The maximum Gasteiger partial charge on any atom is 0.223 e. The van der Waals surface area contributed by atoms with Crippen LogP contribution in [0.2, 0.25) is 0 Å². The Kier molecular flexibility index (Phi) is 7.02. The quantitative estimate of drug-likeness (QED) is 0.757. The highest BCUT2D eigenvalue weighted by molar-refractivity contribution is 9.08. The maximum absolute atomic E-state index is 11.8. The standard InChI is InChI=1S/C15H22BrNO/c1-3-4-5-12(2)15(18)17-11-14-8-6-13(10-16)7-9-14/h6-9,12H,3-5,10-11H2,1-2H3,(H,17,18). The van der Waals surface area contributed by atoms with Gasteiger partial charge in [-0.2, -0.15) is 0 Å². The molecule has 0 spiro atoms. The Morgan fingerprint density at radius 2 is 1.89 bits per heavy atom.